The van der Waals surface area contributed by atoms with E-state index in [9.17, 15) is 8.42 Å². The summed E-state index contributed by atoms with van der Waals surface area (Å²) in [5, 5.41) is 0. The van der Waals surface area contributed by atoms with E-state index >= 15 is 0 Å². The quantitative estimate of drug-likeness (QED) is 0.769. The van der Waals surface area contributed by atoms with E-state index in [0.717, 1.165) is 32.5 Å². The Hall–Kier alpha value is -0.170. The van der Waals surface area contributed by atoms with Crippen LogP contribution in [0.3, 0.4) is 0 Å². The maximum atomic E-state index is 11.9. The lowest BCUT2D eigenvalue weighted by atomic mass is 10.2. The van der Waals surface area contributed by atoms with E-state index in [2.05, 4.69) is 16.0 Å². The van der Waals surface area contributed by atoms with Crippen molar-refractivity contribution in [3.63, 3.8) is 0 Å². The smallest absolute Gasteiger partial charge is 0.279 e. The molecule has 0 amide bonds. The first-order valence-corrected chi connectivity index (χ1v) is 7.91. The van der Waals surface area contributed by atoms with Crippen LogP contribution in [0.5, 0.6) is 0 Å². The molecule has 2 saturated heterocycles. The van der Waals surface area contributed by atoms with Crippen molar-refractivity contribution in [3.8, 4) is 0 Å². The van der Waals surface area contributed by atoms with Crippen molar-refractivity contribution in [3.05, 3.63) is 6.42 Å². The molecule has 0 aromatic heterocycles. The molecule has 0 aromatic rings. The lowest BCUT2D eigenvalue weighted by Gasteiger charge is -2.26. The van der Waals surface area contributed by atoms with Crippen LogP contribution in [0.15, 0.2) is 0 Å². The first kappa shape index (κ1) is 13.3. The van der Waals surface area contributed by atoms with Gasteiger partial charge in [0.05, 0.1) is 0 Å². The van der Waals surface area contributed by atoms with Crippen molar-refractivity contribution in [2.75, 3.05) is 39.3 Å². The van der Waals surface area contributed by atoms with Gasteiger partial charge in [0.25, 0.3) is 10.2 Å². The Kier molecular flexibility index (Phi) is 4.78. The Bertz CT molecular complexity index is 320. The molecule has 1 radical (unpaired) electrons. The maximum Gasteiger partial charge on any atom is 0.279 e. The molecule has 2 heterocycles. The van der Waals surface area contributed by atoms with Crippen LogP contribution >= 0.6 is 0 Å². The molecule has 1 N–H and O–H groups in total. The monoisotopic (exact) mass is 260 g/mol. The standard InChI is InChI=1S/C11H22N3O2S/c15-17(16,14-9-2-1-3-10-14)12-6-11-13-7-4-5-8-13/h1,12H,2-11H2. The second kappa shape index (κ2) is 6.13. The first-order valence-electron chi connectivity index (χ1n) is 6.47. The Morgan fingerprint density at radius 3 is 2.35 bits per heavy atom. The summed E-state index contributed by atoms with van der Waals surface area (Å²) in [4.78, 5) is 2.31. The largest absolute Gasteiger partial charge is 0.302 e. The first-order chi connectivity index (χ1) is 8.18. The van der Waals surface area contributed by atoms with Gasteiger partial charge in [-0.25, -0.2) is 4.72 Å². The Morgan fingerprint density at radius 1 is 1.06 bits per heavy atom. The molecule has 2 aliphatic rings. The summed E-state index contributed by atoms with van der Waals surface area (Å²) in [6.07, 6.45) is 6.37. The van der Waals surface area contributed by atoms with Gasteiger partial charge in [-0.2, -0.15) is 12.7 Å². The number of nitrogens with zero attached hydrogens (tertiary/aromatic N) is 2. The topological polar surface area (TPSA) is 52.7 Å². The number of rotatable bonds is 5. The normalized spacial score (nSPS) is 24.2. The van der Waals surface area contributed by atoms with Crippen molar-refractivity contribution in [2.24, 2.45) is 0 Å². The molecule has 2 rings (SSSR count). The molecule has 0 atom stereocenters. The highest BCUT2D eigenvalue weighted by Crippen LogP contribution is 2.11. The number of nitrogens with one attached hydrogen (secondary N) is 1. The molecule has 0 spiro atoms. The molecule has 0 saturated carbocycles. The van der Waals surface area contributed by atoms with Crippen molar-refractivity contribution >= 4 is 10.2 Å². The molecule has 0 bridgehead atoms. The van der Waals surface area contributed by atoms with Gasteiger partial charge in [0, 0.05) is 26.2 Å². The molecular formula is C11H22N3O2S. The second-order valence-electron chi connectivity index (χ2n) is 4.71. The van der Waals surface area contributed by atoms with Crippen molar-refractivity contribution < 1.29 is 8.42 Å². The fourth-order valence-corrected chi connectivity index (χ4v) is 3.62. The number of likely N-dealkylation sites (tertiary alicyclic amines) is 1. The molecule has 2 aliphatic heterocycles. The van der Waals surface area contributed by atoms with Gasteiger partial charge in [0.2, 0.25) is 0 Å². The van der Waals surface area contributed by atoms with E-state index in [0.29, 0.717) is 19.6 Å². The molecule has 2 fully saturated rings. The molecular weight excluding hydrogens is 238 g/mol. The molecule has 5 nitrogen and oxygen atoms in total. The third kappa shape index (κ3) is 3.91. The van der Waals surface area contributed by atoms with Crippen LogP contribution in [0.4, 0.5) is 0 Å². The lowest BCUT2D eigenvalue weighted by molar-refractivity contribution is 0.337. The SMILES string of the molecule is O=S(=O)(NCCN1CCCC1)N1CC[CH]CC1. The Labute approximate surface area is 104 Å². The van der Waals surface area contributed by atoms with E-state index in [1.165, 1.54) is 12.8 Å². The van der Waals surface area contributed by atoms with Crippen LogP contribution < -0.4 is 4.72 Å². The minimum Gasteiger partial charge on any atom is -0.302 e. The molecule has 0 aliphatic carbocycles. The van der Waals surface area contributed by atoms with E-state index in [1.54, 1.807) is 4.31 Å². The summed E-state index contributed by atoms with van der Waals surface area (Å²) < 4.78 is 28.1. The van der Waals surface area contributed by atoms with Crippen LogP contribution in [-0.2, 0) is 10.2 Å². The van der Waals surface area contributed by atoms with Crippen molar-refractivity contribution in [1.29, 1.82) is 0 Å². The fraction of sp³-hybridized carbons (Fsp3) is 0.909. The zero-order valence-corrected chi connectivity index (χ0v) is 11.1. The number of piperidine rings is 1. The highest BCUT2D eigenvalue weighted by molar-refractivity contribution is 7.87. The molecule has 17 heavy (non-hydrogen) atoms. The number of hydrogen-bond donors (Lipinski definition) is 1. The zero-order chi connectivity index (χ0) is 12.1. The maximum absolute atomic E-state index is 11.9. The van der Waals surface area contributed by atoms with Gasteiger partial charge in [0.1, 0.15) is 0 Å². The van der Waals surface area contributed by atoms with E-state index in [4.69, 9.17) is 0 Å². The molecule has 0 unspecified atom stereocenters. The van der Waals surface area contributed by atoms with Gasteiger partial charge in [0.15, 0.2) is 0 Å². The average Bonchev–Trinajstić information content (AvgIpc) is 2.83. The van der Waals surface area contributed by atoms with Crippen LogP contribution in [0.25, 0.3) is 0 Å². The van der Waals surface area contributed by atoms with E-state index in [-0.39, 0.29) is 0 Å². The lowest BCUT2D eigenvalue weighted by Crippen LogP contribution is -2.45. The highest BCUT2D eigenvalue weighted by atomic mass is 32.2. The third-order valence-electron chi connectivity index (χ3n) is 3.42. The van der Waals surface area contributed by atoms with Gasteiger partial charge in [-0.1, -0.05) is 0 Å². The van der Waals surface area contributed by atoms with Crippen LogP contribution in [0.1, 0.15) is 25.7 Å². The summed E-state index contributed by atoms with van der Waals surface area (Å²) in [6, 6.07) is 0. The average molecular weight is 260 g/mol. The minimum absolute atomic E-state index is 0.530. The third-order valence-corrected chi connectivity index (χ3v) is 5.03. The fourth-order valence-electron chi connectivity index (χ4n) is 2.40. The summed E-state index contributed by atoms with van der Waals surface area (Å²) in [5.41, 5.74) is 0. The van der Waals surface area contributed by atoms with Crippen LogP contribution in [0.2, 0.25) is 0 Å². The summed E-state index contributed by atoms with van der Waals surface area (Å²) in [6.45, 7) is 4.83. The van der Waals surface area contributed by atoms with Crippen LogP contribution in [-0.4, -0.2) is 56.9 Å². The molecule has 6 heteroatoms. The van der Waals surface area contributed by atoms with Gasteiger partial charge in [-0.3, -0.25) is 0 Å². The highest BCUT2D eigenvalue weighted by Gasteiger charge is 2.23. The summed E-state index contributed by atoms with van der Waals surface area (Å²) in [5.74, 6) is 0. The predicted octanol–water partition coefficient (Wildman–Crippen LogP) is 0.217. The molecule has 0 aromatic carbocycles. The van der Waals surface area contributed by atoms with Gasteiger partial charge in [-0.15, -0.1) is 0 Å². The predicted molar refractivity (Wildman–Crippen MR) is 67.7 cm³/mol. The van der Waals surface area contributed by atoms with E-state index < -0.39 is 10.2 Å². The zero-order valence-electron chi connectivity index (χ0n) is 10.3. The minimum atomic E-state index is -3.24. The van der Waals surface area contributed by atoms with Crippen molar-refractivity contribution in [2.45, 2.75) is 25.7 Å². The van der Waals surface area contributed by atoms with Crippen molar-refractivity contribution in [1.82, 2.24) is 13.9 Å². The van der Waals surface area contributed by atoms with Gasteiger partial charge < -0.3 is 4.90 Å². The van der Waals surface area contributed by atoms with Crippen LogP contribution in [0, 0.1) is 6.42 Å². The van der Waals surface area contributed by atoms with Gasteiger partial charge in [-0.05, 0) is 45.2 Å². The Morgan fingerprint density at radius 2 is 1.71 bits per heavy atom. The summed E-state index contributed by atoms with van der Waals surface area (Å²) >= 11 is 0. The Balaban J connectivity index is 1.72. The van der Waals surface area contributed by atoms with Gasteiger partial charge >= 0.3 is 0 Å². The van der Waals surface area contributed by atoms with E-state index in [1.807, 2.05) is 0 Å². The summed E-state index contributed by atoms with van der Waals surface area (Å²) in [7, 11) is -3.24. The molecule has 99 valence electrons. The number of hydrogen-bond acceptors (Lipinski definition) is 3. The second-order valence-corrected chi connectivity index (χ2v) is 6.47.